The molecule has 134 valence electrons. The lowest BCUT2D eigenvalue weighted by atomic mass is 10.3. The van der Waals surface area contributed by atoms with Crippen molar-refractivity contribution in [3.63, 3.8) is 0 Å². The highest BCUT2D eigenvalue weighted by molar-refractivity contribution is 7.99. The number of anilines is 1. The smallest absolute Gasteiger partial charge is 0.236 e. The number of methoxy groups -OCH3 is 1. The lowest BCUT2D eigenvalue weighted by Crippen LogP contribution is -2.15. The van der Waals surface area contributed by atoms with Gasteiger partial charge in [-0.1, -0.05) is 35.0 Å². The monoisotopic (exact) mass is 410 g/mol. The van der Waals surface area contributed by atoms with Crippen LogP contribution in [0.1, 0.15) is 0 Å². The Kier molecular flexibility index (Phi) is 5.92. The summed E-state index contributed by atoms with van der Waals surface area (Å²) in [6.45, 7) is 0. The molecule has 1 amide bonds. The number of pyridine rings is 1. The highest BCUT2D eigenvalue weighted by Crippen LogP contribution is 2.24. The summed E-state index contributed by atoms with van der Waals surface area (Å²) in [7, 11) is 1.59. The van der Waals surface area contributed by atoms with Gasteiger partial charge < -0.3 is 10.1 Å². The Morgan fingerprint density at radius 2 is 2.08 bits per heavy atom. The number of aromatic nitrogens is 5. The van der Waals surface area contributed by atoms with Gasteiger partial charge >= 0.3 is 0 Å². The van der Waals surface area contributed by atoms with Crippen LogP contribution in [-0.4, -0.2) is 44.0 Å². The minimum Gasteiger partial charge on any atom is -0.497 e. The maximum absolute atomic E-state index is 12.1. The van der Waals surface area contributed by atoms with Crippen LogP contribution in [0.3, 0.4) is 0 Å². The molecule has 1 N–H and O–H groups in total. The maximum Gasteiger partial charge on any atom is 0.236 e. The molecule has 3 rings (SSSR count). The summed E-state index contributed by atoms with van der Waals surface area (Å²) in [4.78, 5) is 16.1. The van der Waals surface area contributed by atoms with E-state index in [4.69, 9.17) is 27.9 Å². The summed E-state index contributed by atoms with van der Waals surface area (Å²) in [5.74, 6) is 0.757. The lowest BCUT2D eigenvalue weighted by molar-refractivity contribution is -0.113. The molecule has 11 heteroatoms. The Bertz CT molecular complexity index is 919. The van der Waals surface area contributed by atoms with Crippen molar-refractivity contribution in [1.29, 1.82) is 0 Å². The molecule has 0 aliphatic heterocycles. The van der Waals surface area contributed by atoms with Crippen molar-refractivity contribution in [1.82, 2.24) is 25.2 Å². The number of thioether (sulfide) groups is 1. The number of amides is 1. The second kappa shape index (κ2) is 8.35. The number of nitrogens with one attached hydrogen (secondary N) is 1. The quantitative estimate of drug-likeness (QED) is 0.623. The van der Waals surface area contributed by atoms with Gasteiger partial charge in [0.2, 0.25) is 11.1 Å². The van der Waals surface area contributed by atoms with Crippen LogP contribution >= 0.6 is 35.0 Å². The molecule has 8 nitrogen and oxygen atoms in total. The molecule has 26 heavy (non-hydrogen) atoms. The van der Waals surface area contributed by atoms with E-state index < -0.39 is 0 Å². The van der Waals surface area contributed by atoms with Crippen LogP contribution in [0, 0.1) is 0 Å². The van der Waals surface area contributed by atoms with Crippen molar-refractivity contribution in [2.45, 2.75) is 5.16 Å². The third-order valence-electron chi connectivity index (χ3n) is 3.16. The van der Waals surface area contributed by atoms with Gasteiger partial charge in [-0.15, -0.1) is 5.10 Å². The second-order valence-corrected chi connectivity index (χ2v) is 6.68. The van der Waals surface area contributed by atoms with Crippen LogP contribution in [0.2, 0.25) is 10.0 Å². The largest absolute Gasteiger partial charge is 0.497 e. The Balaban J connectivity index is 1.64. The van der Waals surface area contributed by atoms with Crippen LogP contribution in [-0.2, 0) is 4.79 Å². The van der Waals surface area contributed by atoms with Crippen molar-refractivity contribution in [3.8, 4) is 11.4 Å². The van der Waals surface area contributed by atoms with Gasteiger partial charge in [-0.05, 0) is 40.8 Å². The first-order valence-electron chi connectivity index (χ1n) is 7.23. The van der Waals surface area contributed by atoms with Gasteiger partial charge in [0, 0.05) is 6.20 Å². The molecule has 0 saturated heterocycles. The lowest BCUT2D eigenvalue weighted by Gasteiger charge is -2.07. The fraction of sp³-hybridized carbons (Fsp3) is 0.133. The SMILES string of the molecule is COc1ccc(-n2nnnc2SCC(=O)Nc2ncc(Cl)cc2Cl)cc1. The van der Waals surface area contributed by atoms with Gasteiger partial charge in [0.15, 0.2) is 5.82 Å². The number of benzene rings is 1. The summed E-state index contributed by atoms with van der Waals surface area (Å²) in [5.41, 5.74) is 0.751. The fourth-order valence-electron chi connectivity index (χ4n) is 1.96. The molecular weight excluding hydrogens is 399 g/mol. The molecular formula is C15H12Cl2N6O2S. The Morgan fingerprint density at radius 3 is 2.77 bits per heavy atom. The average molecular weight is 411 g/mol. The van der Waals surface area contributed by atoms with E-state index in [0.717, 1.165) is 11.4 Å². The first-order chi connectivity index (χ1) is 12.6. The predicted octanol–water partition coefficient (Wildman–Crippen LogP) is 3.10. The van der Waals surface area contributed by atoms with Crippen molar-refractivity contribution >= 4 is 46.7 Å². The highest BCUT2D eigenvalue weighted by atomic mass is 35.5. The number of halogens is 2. The zero-order chi connectivity index (χ0) is 18.5. The molecule has 0 fully saturated rings. The molecule has 1 aromatic carbocycles. The molecule has 0 atom stereocenters. The summed E-state index contributed by atoms with van der Waals surface area (Å²) >= 11 is 12.9. The third-order valence-corrected chi connectivity index (χ3v) is 4.57. The van der Waals surface area contributed by atoms with Gasteiger partial charge in [-0.2, -0.15) is 4.68 Å². The van der Waals surface area contributed by atoms with E-state index in [9.17, 15) is 4.79 Å². The Hall–Kier alpha value is -2.36. The second-order valence-electron chi connectivity index (χ2n) is 4.89. The van der Waals surface area contributed by atoms with E-state index >= 15 is 0 Å². The number of hydrogen-bond donors (Lipinski definition) is 1. The number of ether oxygens (including phenoxy) is 1. The van der Waals surface area contributed by atoms with Crippen molar-refractivity contribution in [2.24, 2.45) is 0 Å². The Morgan fingerprint density at radius 1 is 1.31 bits per heavy atom. The van der Waals surface area contributed by atoms with E-state index in [-0.39, 0.29) is 22.5 Å². The molecule has 0 radical (unpaired) electrons. The van der Waals surface area contributed by atoms with Crippen molar-refractivity contribution in [2.75, 3.05) is 18.2 Å². The minimum atomic E-state index is -0.295. The van der Waals surface area contributed by atoms with Crippen LogP contribution in [0.15, 0.2) is 41.7 Å². The fourth-order valence-corrected chi connectivity index (χ4v) is 3.08. The predicted molar refractivity (Wildman–Crippen MR) is 99.3 cm³/mol. The summed E-state index contributed by atoms with van der Waals surface area (Å²) in [5, 5.41) is 15.3. The average Bonchev–Trinajstić information content (AvgIpc) is 3.11. The van der Waals surface area contributed by atoms with E-state index in [1.165, 1.54) is 28.7 Å². The molecule has 0 aliphatic rings. The van der Waals surface area contributed by atoms with E-state index in [0.29, 0.717) is 10.2 Å². The maximum atomic E-state index is 12.1. The summed E-state index contributed by atoms with van der Waals surface area (Å²) in [6.07, 6.45) is 1.40. The van der Waals surface area contributed by atoms with Crippen LogP contribution in [0.4, 0.5) is 5.82 Å². The number of tetrazole rings is 1. The molecule has 0 spiro atoms. The zero-order valence-corrected chi connectivity index (χ0v) is 15.7. The van der Waals surface area contributed by atoms with Gasteiger partial charge in [0.1, 0.15) is 5.75 Å². The van der Waals surface area contributed by atoms with Gasteiger partial charge in [-0.3, -0.25) is 4.79 Å². The molecule has 0 unspecified atom stereocenters. The first-order valence-corrected chi connectivity index (χ1v) is 8.97. The number of carbonyl (C=O) groups excluding carboxylic acids is 1. The molecule has 0 bridgehead atoms. The van der Waals surface area contributed by atoms with Crippen molar-refractivity contribution in [3.05, 3.63) is 46.6 Å². The number of nitrogens with zero attached hydrogens (tertiary/aromatic N) is 5. The first kappa shape index (κ1) is 18.4. The summed E-state index contributed by atoms with van der Waals surface area (Å²) < 4.78 is 6.66. The topological polar surface area (TPSA) is 94.8 Å². The Labute approximate surface area is 162 Å². The molecule has 0 saturated carbocycles. The molecule has 3 aromatic rings. The number of rotatable bonds is 6. The van der Waals surface area contributed by atoms with Gasteiger partial charge in [-0.25, -0.2) is 4.98 Å². The standard InChI is InChI=1S/C15H12Cl2N6O2S/c1-25-11-4-2-10(3-5-11)23-15(20-21-22-23)26-8-13(24)19-14-12(17)6-9(16)7-18-14/h2-7H,8H2,1H3,(H,18,19,24). The molecule has 0 aliphatic carbocycles. The van der Waals surface area contributed by atoms with E-state index in [1.807, 2.05) is 12.1 Å². The van der Waals surface area contributed by atoms with Gasteiger partial charge in [0.05, 0.1) is 28.6 Å². The van der Waals surface area contributed by atoms with Crippen LogP contribution < -0.4 is 10.1 Å². The summed E-state index contributed by atoms with van der Waals surface area (Å²) in [6, 6.07) is 8.73. The van der Waals surface area contributed by atoms with E-state index in [2.05, 4.69) is 25.8 Å². The normalized spacial score (nSPS) is 10.6. The molecule has 2 heterocycles. The van der Waals surface area contributed by atoms with Crippen LogP contribution in [0.25, 0.3) is 5.69 Å². The van der Waals surface area contributed by atoms with Crippen LogP contribution in [0.5, 0.6) is 5.75 Å². The van der Waals surface area contributed by atoms with Crippen molar-refractivity contribution < 1.29 is 9.53 Å². The minimum absolute atomic E-state index is 0.0805. The zero-order valence-electron chi connectivity index (χ0n) is 13.4. The van der Waals surface area contributed by atoms with E-state index in [1.54, 1.807) is 19.2 Å². The highest BCUT2D eigenvalue weighted by Gasteiger charge is 2.13. The number of carbonyl (C=O) groups is 1. The number of hydrogen-bond acceptors (Lipinski definition) is 7. The van der Waals surface area contributed by atoms with Gasteiger partial charge in [0.25, 0.3) is 0 Å². The third kappa shape index (κ3) is 4.43. The molecule has 2 aromatic heterocycles.